The van der Waals surface area contributed by atoms with Gasteiger partial charge in [0.1, 0.15) is 16.5 Å². The molecule has 0 aliphatic carbocycles. The third-order valence-electron chi connectivity index (χ3n) is 3.75. The number of carbonyl (C=O) groups excluding carboxylic acids is 2. The van der Waals surface area contributed by atoms with Gasteiger partial charge < -0.3 is 14.4 Å². The van der Waals surface area contributed by atoms with Gasteiger partial charge in [-0.1, -0.05) is 6.92 Å². The molecule has 1 fully saturated rings. The van der Waals surface area contributed by atoms with Crippen molar-refractivity contribution in [3.63, 3.8) is 0 Å². The Kier molecular flexibility index (Phi) is 5.29. The SMILES string of the molecule is COc1cc(C(=O)N2CCCC(C)C2C(=O)OC(C)(C)C)sn1. The molecule has 1 aliphatic heterocycles. The van der Waals surface area contributed by atoms with Gasteiger partial charge in [-0.3, -0.25) is 4.79 Å². The molecule has 1 aliphatic rings. The van der Waals surface area contributed by atoms with Crippen LogP contribution in [-0.4, -0.2) is 46.4 Å². The second kappa shape index (κ2) is 6.86. The van der Waals surface area contributed by atoms with Gasteiger partial charge in [-0.25, -0.2) is 4.79 Å². The van der Waals surface area contributed by atoms with E-state index in [-0.39, 0.29) is 17.8 Å². The Bertz CT molecular complexity index is 579. The van der Waals surface area contributed by atoms with Crippen LogP contribution in [0.15, 0.2) is 6.07 Å². The van der Waals surface area contributed by atoms with Crippen LogP contribution in [0.1, 0.15) is 50.2 Å². The van der Waals surface area contributed by atoms with E-state index in [1.54, 1.807) is 11.0 Å². The number of ether oxygens (including phenoxy) is 2. The van der Waals surface area contributed by atoms with Gasteiger partial charge in [0.15, 0.2) is 0 Å². The van der Waals surface area contributed by atoms with Crippen molar-refractivity contribution in [2.24, 2.45) is 5.92 Å². The standard InChI is InChI=1S/C16H24N2O4S/c1-10-7-6-8-18(13(10)15(20)22-16(2,3)4)14(19)11-9-12(21-5)17-23-11/h9-10,13H,6-8H2,1-5H3. The van der Waals surface area contributed by atoms with Gasteiger partial charge in [0.05, 0.1) is 7.11 Å². The molecule has 6 nitrogen and oxygen atoms in total. The molecule has 23 heavy (non-hydrogen) atoms. The van der Waals surface area contributed by atoms with E-state index in [1.165, 1.54) is 7.11 Å². The molecule has 0 bridgehead atoms. The van der Waals surface area contributed by atoms with E-state index in [9.17, 15) is 9.59 Å². The van der Waals surface area contributed by atoms with Gasteiger partial charge in [0.25, 0.3) is 5.91 Å². The Hall–Kier alpha value is -1.63. The van der Waals surface area contributed by atoms with Crippen LogP contribution >= 0.6 is 11.5 Å². The molecular formula is C16H24N2O4S. The van der Waals surface area contributed by atoms with Crippen LogP contribution in [-0.2, 0) is 9.53 Å². The first-order valence-corrected chi connectivity index (χ1v) is 8.55. The lowest BCUT2D eigenvalue weighted by molar-refractivity contribution is -0.163. The van der Waals surface area contributed by atoms with Crippen LogP contribution in [0, 0.1) is 5.92 Å². The van der Waals surface area contributed by atoms with Gasteiger partial charge in [0, 0.05) is 12.6 Å². The van der Waals surface area contributed by atoms with E-state index >= 15 is 0 Å². The van der Waals surface area contributed by atoms with Crippen molar-refractivity contribution in [1.82, 2.24) is 9.27 Å². The summed E-state index contributed by atoms with van der Waals surface area (Å²) in [6.07, 6.45) is 1.78. The summed E-state index contributed by atoms with van der Waals surface area (Å²) in [6, 6.07) is 1.06. The number of esters is 1. The molecule has 2 rings (SSSR count). The average molecular weight is 340 g/mol. The van der Waals surface area contributed by atoms with Crippen molar-refractivity contribution < 1.29 is 19.1 Å². The van der Waals surface area contributed by atoms with Crippen molar-refractivity contribution >= 4 is 23.4 Å². The molecule has 1 saturated heterocycles. The van der Waals surface area contributed by atoms with Crippen LogP contribution < -0.4 is 4.74 Å². The van der Waals surface area contributed by atoms with Gasteiger partial charge in [0.2, 0.25) is 5.88 Å². The molecule has 0 N–H and O–H groups in total. The van der Waals surface area contributed by atoms with Crippen LogP contribution in [0.2, 0.25) is 0 Å². The quantitative estimate of drug-likeness (QED) is 0.791. The first-order valence-electron chi connectivity index (χ1n) is 7.77. The Balaban J connectivity index is 2.22. The summed E-state index contributed by atoms with van der Waals surface area (Å²) in [5.41, 5.74) is -0.573. The van der Waals surface area contributed by atoms with Gasteiger partial charge >= 0.3 is 5.97 Å². The monoisotopic (exact) mass is 340 g/mol. The van der Waals surface area contributed by atoms with Crippen molar-refractivity contribution in [2.45, 2.75) is 52.2 Å². The summed E-state index contributed by atoms with van der Waals surface area (Å²) in [7, 11) is 1.51. The number of amides is 1. The van der Waals surface area contributed by atoms with Crippen molar-refractivity contribution in [1.29, 1.82) is 0 Å². The number of aromatic nitrogens is 1. The normalized spacial score (nSPS) is 21.9. The molecule has 2 heterocycles. The largest absolute Gasteiger partial charge is 0.480 e. The highest BCUT2D eigenvalue weighted by Gasteiger charge is 2.40. The molecule has 1 amide bonds. The highest BCUT2D eigenvalue weighted by Crippen LogP contribution is 2.29. The lowest BCUT2D eigenvalue weighted by Gasteiger charge is -2.39. The third kappa shape index (κ3) is 4.22. The zero-order valence-electron chi connectivity index (χ0n) is 14.3. The minimum absolute atomic E-state index is 0.0670. The predicted octanol–water partition coefficient (Wildman–Crippen LogP) is 2.73. The van der Waals surface area contributed by atoms with E-state index in [2.05, 4.69) is 4.37 Å². The Morgan fingerprint density at radius 3 is 2.65 bits per heavy atom. The molecule has 7 heteroatoms. The number of nitrogens with zero attached hydrogens (tertiary/aromatic N) is 2. The van der Waals surface area contributed by atoms with E-state index in [4.69, 9.17) is 9.47 Å². The second-order valence-electron chi connectivity index (χ2n) is 6.83. The maximum Gasteiger partial charge on any atom is 0.329 e. The molecule has 1 aromatic heterocycles. The predicted molar refractivity (Wildman–Crippen MR) is 87.7 cm³/mol. The van der Waals surface area contributed by atoms with Crippen molar-refractivity contribution in [3.8, 4) is 5.88 Å². The Morgan fingerprint density at radius 2 is 2.09 bits per heavy atom. The third-order valence-corrected chi connectivity index (χ3v) is 4.51. The number of piperidine rings is 1. The highest BCUT2D eigenvalue weighted by molar-refractivity contribution is 7.08. The number of hydrogen-bond donors (Lipinski definition) is 0. The molecule has 0 aromatic carbocycles. The molecule has 128 valence electrons. The molecule has 1 aromatic rings. The number of methoxy groups -OCH3 is 1. The first-order chi connectivity index (χ1) is 10.7. The maximum absolute atomic E-state index is 12.8. The minimum atomic E-state index is -0.573. The second-order valence-corrected chi connectivity index (χ2v) is 7.63. The molecular weight excluding hydrogens is 316 g/mol. The number of rotatable bonds is 3. The smallest absolute Gasteiger partial charge is 0.329 e. The van der Waals surface area contributed by atoms with E-state index in [0.29, 0.717) is 17.3 Å². The lowest BCUT2D eigenvalue weighted by Crippen LogP contribution is -2.53. The van der Waals surface area contributed by atoms with Gasteiger partial charge in [-0.15, -0.1) is 0 Å². The molecule has 0 radical (unpaired) electrons. The van der Waals surface area contributed by atoms with Crippen LogP contribution in [0.5, 0.6) is 5.88 Å². The number of hydrogen-bond acceptors (Lipinski definition) is 6. The van der Waals surface area contributed by atoms with Gasteiger partial charge in [-0.05, 0) is 51.1 Å². The molecule has 0 saturated carbocycles. The van der Waals surface area contributed by atoms with E-state index in [1.807, 2.05) is 27.7 Å². The zero-order valence-corrected chi connectivity index (χ0v) is 15.1. The summed E-state index contributed by atoms with van der Waals surface area (Å²) in [5.74, 6) is -0.0441. The lowest BCUT2D eigenvalue weighted by atomic mass is 9.90. The van der Waals surface area contributed by atoms with Crippen LogP contribution in [0.3, 0.4) is 0 Å². The first kappa shape index (κ1) is 17.7. The molecule has 2 unspecified atom stereocenters. The van der Waals surface area contributed by atoms with E-state index in [0.717, 1.165) is 24.4 Å². The summed E-state index contributed by atoms with van der Waals surface area (Å²) in [4.78, 5) is 27.5. The number of likely N-dealkylation sites (tertiary alicyclic amines) is 1. The van der Waals surface area contributed by atoms with E-state index < -0.39 is 11.6 Å². The van der Waals surface area contributed by atoms with Crippen LogP contribution in [0.25, 0.3) is 0 Å². The average Bonchev–Trinajstić information content (AvgIpc) is 2.93. The fraction of sp³-hybridized carbons (Fsp3) is 0.688. The summed E-state index contributed by atoms with van der Waals surface area (Å²) in [6.45, 7) is 8.03. The summed E-state index contributed by atoms with van der Waals surface area (Å²) < 4.78 is 14.6. The van der Waals surface area contributed by atoms with Crippen molar-refractivity contribution in [3.05, 3.63) is 10.9 Å². The molecule has 2 atom stereocenters. The Morgan fingerprint density at radius 1 is 1.39 bits per heavy atom. The summed E-state index contributed by atoms with van der Waals surface area (Å²) in [5, 5.41) is 0. The highest BCUT2D eigenvalue weighted by atomic mass is 32.1. The minimum Gasteiger partial charge on any atom is -0.480 e. The van der Waals surface area contributed by atoms with Crippen LogP contribution in [0.4, 0.5) is 0 Å². The fourth-order valence-corrected chi connectivity index (χ4v) is 3.40. The van der Waals surface area contributed by atoms with Gasteiger partial charge in [-0.2, -0.15) is 4.37 Å². The summed E-state index contributed by atoms with van der Waals surface area (Å²) >= 11 is 1.09. The fourth-order valence-electron chi connectivity index (χ4n) is 2.73. The maximum atomic E-state index is 12.8. The van der Waals surface area contributed by atoms with Crippen molar-refractivity contribution in [2.75, 3.05) is 13.7 Å². The zero-order chi connectivity index (χ0) is 17.2. The number of carbonyl (C=O) groups is 2. The Labute approximate surface area is 140 Å². The molecule has 0 spiro atoms. The topological polar surface area (TPSA) is 68.7 Å².